The van der Waals surface area contributed by atoms with E-state index in [1.165, 1.54) is 0 Å². The van der Waals surface area contributed by atoms with E-state index in [1.54, 1.807) is 29.2 Å². The van der Waals surface area contributed by atoms with Crippen LogP contribution in [-0.4, -0.2) is 35.4 Å². The normalized spacial score (nSPS) is 11.7. The number of amides is 2. The summed E-state index contributed by atoms with van der Waals surface area (Å²) in [5.74, 6) is 0.0323. The summed E-state index contributed by atoms with van der Waals surface area (Å²) in [4.78, 5) is 28.4. The van der Waals surface area contributed by atoms with E-state index in [0.29, 0.717) is 23.7 Å². The van der Waals surface area contributed by atoms with Crippen LogP contribution >= 0.6 is 11.6 Å². The van der Waals surface area contributed by atoms with Crippen LogP contribution in [0, 0.1) is 6.92 Å². The molecule has 0 saturated heterocycles. The lowest BCUT2D eigenvalue weighted by atomic mass is 10.0. The van der Waals surface area contributed by atoms with Crippen molar-refractivity contribution in [2.24, 2.45) is 0 Å². The SMILES string of the molecule is Cc1ccc(CN(C(=O)COc2cccc(Cl)c2)[C@@H](Cc2ccccc2)C(=O)NC(C)C)cc1. The number of hydrogen-bond acceptors (Lipinski definition) is 3. The average molecular weight is 479 g/mol. The molecule has 0 heterocycles. The van der Waals surface area contributed by atoms with Gasteiger partial charge in [0, 0.05) is 24.0 Å². The molecule has 2 amide bonds. The molecular formula is C28H31ClN2O3. The zero-order valence-electron chi connectivity index (χ0n) is 19.8. The second-order valence-corrected chi connectivity index (χ2v) is 9.06. The molecule has 3 aromatic carbocycles. The van der Waals surface area contributed by atoms with Gasteiger partial charge < -0.3 is 15.0 Å². The maximum Gasteiger partial charge on any atom is 0.261 e. The van der Waals surface area contributed by atoms with Gasteiger partial charge in [0.25, 0.3) is 5.91 Å². The number of rotatable bonds is 10. The highest BCUT2D eigenvalue weighted by Gasteiger charge is 2.31. The molecule has 3 rings (SSSR count). The molecule has 0 aromatic heterocycles. The third-order valence-corrected chi connectivity index (χ3v) is 5.57. The number of ether oxygens (including phenoxy) is 1. The van der Waals surface area contributed by atoms with Gasteiger partial charge in [0.15, 0.2) is 6.61 Å². The molecule has 1 atom stereocenters. The minimum atomic E-state index is -0.693. The van der Waals surface area contributed by atoms with Crippen molar-refractivity contribution in [3.63, 3.8) is 0 Å². The zero-order chi connectivity index (χ0) is 24.5. The number of benzene rings is 3. The number of carbonyl (C=O) groups excluding carboxylic acids is 2. The Morgan fingerprint density at radius 3 is 2.29 bits per heavy atom. The summed E-state index contributed by atoms with van der Waals surface area (Å²) in [7, 11) is 0. The van der Waals surface area contributed by atoms with Gasteiger partial charge in [0.2, 0.25) is 5.91 Å². The van der Waals surface area contributed by atoms with E-state index in [2.05, 4.69) is 5.32 Å². The Bertz CT molecular complexity index is 1080. The molecule has 0 fully saturated rings. The first-order valence-corrected chi connectivity index (χ1v) is 11.8. The van der Waals surface area contributed by atoms with Crippen molar-refractivity contribution in [1.82, 2.24) is 10.2 Å². The Labute approximate surface area is 206 Å². The molecule has 0 unspecified atom stereocenters. The lowest BCUT2D eigenvalue weighted by Gasteiger charge is -2.32. The Hall–Kier alpha value is -3.31. The molecule has 0 bridgehead atoms. The maximum absolute atomic E-state index is 13.5. The molecule has 0 saturated carbocycles. The number of halogens is 1. The highest BCUT2D eigenvalue weighted by Crippen LogP contribution is 2.19. The predicted molar refractivity (Wildman–Crippen MR) is 136 cm³/mol. The molecule has 0 radical (unpaired) electrons. The van der Waals surface area contributed by atoms with Gasteiger partial charge in [0.1, 0.15) is 11.8 Å². The quantitative estimate of drug-likeness (QED) is 0.436. The van der Waals surface area contributed by atoms with Gasteiger partial charge in [-0.25, -0.2) is 0 Å². The fraction of sp³-hybridized carbons (Fsp3) is 0.286. The van der Waals surface area contributed by atoms with Gasteiger partial charge in [-0.15, -0.1) is 0 Å². The van der Waals surface area contributed by atoms with Gasteiger partial charge in [-0.2, -0.15) is 0 Å². The van der Waals surface area contributed by atoms with E-state index in [-0.39, 0.29) is 24.5 Å². The van der Waals surface area contributed by atoms with Crippen LogP contribution < -0.4 is 10.1 Å². The number of nitrogens with one attached hydrogen (secondary N) is 1. The van der Waals surface area contributed by atoms with Gasteiger partial charge in [0.05, 0.1) is 0 Å². The zero-order valence-corrected chi connectivity index (χ0v) is 20.6. The highest BCUT2D eigenvalue weighted by atomic mass is 35.5. The van der Waals surface area contributed by atoms with E-state index in [4.69, 9.17) is 16.3 Å². The molecule has 0 aliphatic heterocycles. The summed E-state index contributed by atoms with van der Waals surface area (Å²) in [6.07, 6.45) is 0.397. The fourth-order valence-electron chi connectivity index (χ4n) is 3.61. The Morgan fingerprint density at radius 2 is 1.65 bits per heavy atom. The molecule has 1 N–H and O–H groups in total. The molecule has 0 aliphatic rings. The third-order valence-electron chi connectivity index (χ3n) is 5.33. The largest absolute Gasteiger partial charge is 0.484 e. The van der Waals surface area contributed by atoms with E-state index in [0.717, 1.165) is 16.7 Å². The molecule has 3 aromatic rings. The Morgan fingerprint density at radius 1 is 0.941 bits per heavy atom. The first-order chi connectivity index (χ1) is 16.3. The minimum Gasteiger partial charge on any atom is -0.484 e. The van der Waals surface area contributed by atoms with Crippen LogP contribution in [0.15, 0.2) is 78.9 Å². The van der Waals surface area contributed by atoms with Crippen LogP contribution in [0.3, 0.4) is 0 Å². The summed E-state index contributed by atoms with van der Waals surface area (Å²) in [5.41, 5.74) is 3.05. The van der Waals surface area contributed by atoms with Crippen LogP contribution in [0.1, 0.15) is 30.5 Å². The standard InChI is InChI=1S/C28H31ClN2O3/c1-20(2)30-28(33)26(16-22-8-5-4-6-9-22)31(18-23-14-12-21(3)13-15-23)27(32)19-34-25-11-7-10-24(29)17-25/h4-15,17,20,26H,16,18-19H2,1-3H3,(H,30,33)/t26-/m0/s1. The highest BCUT2D eigenvalue weighted by molar-refractivity contribution is 6.30. The maximum atomic E-state index is 13.5. The molecule has 0 spiro atoms. The number of hydrogen-bond donors (Lipinski definition) is 1. The van der Waals surface area contributed by atoms with Gasteiger partial charge in [-0.1, -0.05) is 77.8 Å². The van der Waals surface area contributed by atoms with Gasteiger partial charge in [-0.3, -0.25) is 9.59 Å². The molecule has 178 valence electrons. The molecule has 34 heavy (non-hydrogen) atoms. The second kappa shape index (κ2) is 12.2. The third kappa shape index (κ3) is 7.63. The first-order valence-electron chi connectivity index (χ1n) is 11.4. The Kier molecular flexibility index (Phi) is 9.11. The number of carbonyl (C=O) groups is 2. The molecule has 6 heteroatoms. The first kappa shape index (κ1) is 25.3. The van der Waals surface area contributed by atoms with Gasteiger partial charge in [-0.05, 0) is 50.1 Å². The Balaban J connectivity index is 1.90. The summed E-state index contributed by atoms with van der Waals surface area (Å²) in [6, 6.07) is 23.9. The van der Waals surface area contributed by atoms with E-state index >= 15 is 0 Å². The summed E-state index contributed by atoms with van der Waals surface area (Å²) in [6.45, 7) is 5.92. The van der Waals surface area contributed by atoms with Crippen molar-refractivity contribution in [2.45, 2.75) is 45.8 Å². The molecular weight excluding hydrogens is 448 g/mol. The van der Waals surface area contributed by atoms with Crippen molar-refractivity contribution < 1.29 is 14.3 Å². The van der Waals surface area contributed by atoms with E-state index in [1.807, 2.05) is 75.4 Å². The minimum absolute atomic E-state index is 0.0511. The van der Waals surface area contributed by atoms with Crippen LogP contribution in [0.25, 0.3) is 0 Å². The van der Waals surface area contributed by atoms with Crippen molar-refractivity contribution in [1.29, 1.82) is 0 Å². The van der Waals surface area contributed by atoms with Crippen molar-refractivity contribution >= 4 is 23.4 Å². The molecule has 0 aliphatic carbocycles. The lowest BCUT2D eigenvalue weighted by molar-refractivity contribution is -0.143. The van der Waals surface area contributed by atoms with Crippen LogP contribution in [0.2, 0.25) is 5.02 Å². The summed E-state index contributed by atoms with van der Waals surface area (Å²) < 4.78 is 5.74. The summed E-state index contributed by atoms with van der Waals surface area (Å²) >= 11 is 6.05. The van der Waals surface area contributed by atoms with E-state index in [9.17, 15) is 9.59 Å². The van der Waals surface area contributed by atoms with Crippen molar-refractivity contribution in [3.8, 4) is 5.75 Å². The predicted octanol–water partition coefficient (Wildman–Crippen LogP) is 5.19. The van der Waals surface area contributed by atoms with Crippen molar-refractivity contribution in [2.75, 3.05) is 6.61 Å². The average Bonchev–Trinajstić information content (AvgIpc) is 2.81. The summed E-state index contributed by atoms with van der Waals surface area (Å²) in [5, 5.41) is 3.51. The smallest absolute Gasteiger partial charge is 0.261 e. The van der Waals surface area contributed by atoms with E-state index < -0.39 is 6.04 Å². The van der Waals surface area contributed by atoms with Crippen molar-refractivity contribution in [3.05, 3.63) is 101 Å². The van der Waals surface area contributed by atoms with Crippen LogP contribution in [0.4, 0.5) is 0 Å². The number of aryl methyl sites for hydroxylation is 1. The topological polar surface area (TPSA) is 58.6 Å². The number of nitrogens with zero attached hydrogens (tertiary/aromatic N) is 1. The van der Waals surface area contributed by atoms with Gasteiger partial charge >= 0.3 is 0 Å². The van der Waals surface area contributed by atoms with Crippen LogP contribution in [-0.2, 0) is 22.6 Å². The fourth-order valence-corrected chi connectivity index (χ4v) is 3.79. The molecule has 5 nitrogen and oxygen atoms in total. The monoisotopic (exact) mass is 478 g/mol. The lowest BCUT2D eigenvalue weighted by Crippen LogP contribution is -2.52. The second-order valence-electron chi connectivity index (χ2n) is 8.62. The van der Waals surface area contributed by atoms with Crippen LogP contribution in [0.5, 0.6) is 5.75 Å².